The number of hydrogen-bond acceptors (Lipinski definition) is 4. The predicted molar refractivity (Wildman–Crippen MR) is 110 cm³/mol. The SMILES string of the molecule is CC1CCC(C(C)C)C(=O)/C1=C/C1CCC(OC(=O)C2CCC(O)CC2)CC1. The van der Waals surface area contributed by atoms with Crippen LogP contribution in [-0.4, -0.2) is 29.1 Å². The number of hydrogen-bond donors (Lipinski definition) is 1. The van der Waals surface area contributed by atoms with Gasteiger partial charge in [0.1, 0.15) is 6.10 Å². The molecule has 2 atom stereocenters. The molecule has 0 aromatic heterocycles. The Morgan fingerprint density at radius 3 is 2.25 bits per heavy atom. The van der Waals surface area contributed by atoms with Gasteiger partial charge in [0, 0.05) is 5.92 Å². The number of carbonyl (C=O) groups is 2. The normalized spacial score (nSPS) is 38.6. The summed E-state index contributed by atoms with van der Waals surface area (Å²) in [5, 5.41) is 9.60. The summed E-state index contributed by atoms with van der Waals surface area (Å²) < 4.78 is 5.79. The van der Waals surface area contributed by atoms with Gasteiger partial charge in [0.2, 0.25) is 0 Å². The minimum atomic E-state index is -0.243. The van der Waals surface area contributed by atoms with Crippen molar-refractivity contribution in [1.82, 2.24) is 0 Å². The summed E-state index contributed by atoms with van der Waals surface area (Å²) in [6.45, 7) is 6.50. The van der Waals surface area contributed by atoms with E-state index in [0.29, 0.717) is 36.4 Å². The maximum absolute atomic E-state index is 12.9. The molecule has 0 aromatic carbocycles. The molecule has 0 bridgehead atoms. The van der Waals surface area contributed by atoms with Crippen LogP contribution in [0.4, 0.5) is 0 Å². The van der Waals surface area contributed by atoms with Crippen LogP contribution >= 0.6 is 0 Å². The summed E-state index contributed by atoms with van der Waals surface area (Å²) in [5.74, 6) is 1.70. The van der Waals surface area contributed by atoms with Crippen molar-refractivity contribution >= 4 is 11.8 Å². The number of aliphatic hydroxyl groups is 1. The van der Waals surface area contributed by atoms with Crippen LogP contribution in [-0.2, 0) is 14.3 Å². The van der Waals surface area contributed by atoms with Gasteiger partial charge in [-0.25, -0.2) is 0 Å². The van der Waals surface area contributed by atoms with Crippen molar-refractivity contribution in [3.05, 3.63) is 11.6 Å². The zero-order chi connectivity index (χ0) is 20.3. The van der Waals surface area contributed by atoms with Gasteiger partial charge >= 0.3 is 5.97 Å². The third-order valence-corrected chi connectivity index (χ3v) is 7.31. The van der Waals surface area contributed by atoms with E-state index in [4.69, 9.17) is 4.74 Å². The van der Waals surface area contributed by atoms with Crippen molar-refractivity contribution < 1.29 is 19.4 Å². The number of Topliss-reactive ketones (excluding diaryl/α,β-unsaturated/α-hetero) is 1. The average Bonchev–Trinajstić information content (AvgIpc) is 2.66. The number of ketones is 1. The molecule has 0 radical (unpaired) electrons. The molecule has 3 rings (SSSR count). The number of esters is 1. The van der Waals surface area contributed by atoms with E-state index in [-0.39, 0.29) is 30.0 Å². The fourth-order valence-electron chi connectivity index (χ4n) is 5.25. The van der Waals surface area contributed by atoms with E-state index in [1.54, 1.807) is 0 Å². The molecule has 1 N–H and O–H groups in total. The van der Waals surface area contributed by atoms with Crippen LogP contribution in [0.15, 0.2) is 11.6 Å². The van der Waals surface area contributed by atoms with Gasteiger partial charge in [0.25, 0.3) is 0 Å². The molecule has 0 amide bonds. The first-order chi connectivity index (χ1) is 13.3. The third kappa shape index (κ3) is 5.25. The lowest BCUT2D eigenvalue weighted by Crippen LogP contribution is -2.32. The first-order valence-corrected chi connectivity index (χ1v) is 11.5. The Bertz CT molecular complexity index is 577. The molecule has 0 heterocycles. The molecule has 2 unspecified atom stereocenters. The van der Waals surface area contributed by atoms with Gasteiger partial charge in [-0.3, -0.25) is 9.59 Å². The van der Waals surface area contributed by atoms with Crippen molar-refractivity contribution in [2.24, 2.45) is 29.6 Å². The van der Waals surface area contributed by atoms with Crippen LogP contribution in [0, 0.1) is 29.6 Å². The minimum absolute atomic E-state index is 0.0249. The van der Waals surface area contributed by atoms with Gasteiger partial charge in [0.05, 0.1) is 12.0 Å². The highest BCUT2D eigenvalue weighted by molar-refractivity contribution is 5.98. The lowest BCUT2D eigenvalue weighted by Gasteiger charge is -2.33. The second kappa shape index (κ2) is 9.56. The summed E-state index contributed by atoms with van der Waals surface area (Å²) in [5.41, 5.74) is 1.06. The molecule has 0 aromatic rings. The molecular formula is C24H38O4. The number of aliphatic hydroxyl groups excluding tert-OH is 1. The Labute approximate surface area is 170 Å². The lowest BCUT2D eigenvalue weighted by atomic mass is 9.72. The Balaban J connectivity index is 1.50. The maximum atomic E-state index is 12.9. The van der Waals surface area contributed by atoms with E-state index >= 15 is 0 Å². The van der Waals surface area contributed by atoms with Gasteiger partial charge in [-0.2, -0.15) is 0 Å². The maximum Gasteiger partial charge on any atom is 0.309 e. The second-order valence-corrected chi connectivity index (χ2v) is 9.79. The predicted octanol–water partition coefficient (Wildman–Crippen LogP) is 4.84. The first-order valence-electron chi connectivity index (χ1n) is 11.5. The van der Waals surface area contributed by atoms with E-state index in [0.717, 1.165) is 56.9 Å². The number of allylic oxidation sites excluding steroid dienone is 2. The highest BCUT2D eigenvalue weighted by atomic mass is 16.5. The largest absolute Gasteiger partial charge is 0.462 e. The van der Waals surface area contributed by atoms with Crippen LogP contribution in [0.2, 0.25) is 0 Å². The zero-order valence-electron chi connectivity index (χ0n) is 17.9. The zero-order valence-corrected chi connectivity index (χ0v) is 17.9. The third-order valence-electron chi connectivity index (χ3n) is 7.31. The van der Waals surface area contributed by atoms with Gasteiger partial charge < -0.3 is 9.84 Å². The van der Waals surface area contributed by atoms with E-state index in [2.05, 4.69) is 26.8 Å². The fourth-order valence-corrected chi connectivity index (χ4v) is 5.25. The smallest absolute Gasteiger partial charge is 0.309 e. The molecule has 158 valence electrons. The standard InChI is InChI=1S/C24H38O4/c1-15(2)21-13-4-16(3)22(23(21)26)14-17-5-11-20(12-6-17)28-24(27)18-7-9-19(25)10-8-18/h14-21,25H,4-13H2,1-3H3/b22-14+. The molecule has 0 aliphatic heterocycles. The minimum Gasteiger partial charge on any atom is -0.462 e. The first kappa shape index (κ1) is 21.5. The molecule has 3 fully saturated rings. The Morgan fingerprint density at radius 2 is 1.64 bits per heavy atom. The fraction of sp³-hybridized carbons (Fsp3) is 0.833. The van der Waals surface area contributed by atoms with Crippen LogP contribution in [0.5, 0.6) is 0 Å². The van der Waals surface area contributed by atoms with Gasteiger partial charge in [-0.15, -0.1) is 0 Å². The van der Waals surface area contributed by atoms with Crippen molar-refractivity contribution in [2.45, 2.75) is 97.2 Å². The number of ether oxygens (including phenoxy) is 1. The molecule has 4 heteroatoms. The number of carbonyl (C=O) groups excluding carboxylic acids is 2. The molecule has 3 aliphatic rings. The van der Waals surface area contributed by atoms with Crippen molar-refractivity contribution in [3.8, 4) is 0 Å². The highest BCUT2D eigenvalue weighted by Crippen LogP contribution is 2.37. The summed E-state index contributed by atoms with van der Waals surface area (Å²) in [4.78, 5) is 25.3. The molecule has 4 nitrogen and oxygen atoms in total. The van der Waals surface area contributed by atoms with Crippen molar-refractivity contribution in [3.63, 3.8) is 0 Å². The van der Waals surface area contributed by atoms with E-state index in [9.17, 15) is 14.7 Å². The topological polar surface area (TPSA) is 63.6 Å². The van der Waals surface area contributed by atoms with Crippen LogP contribution < -0.4 is 0 Å². The Kier molecular flexibility index (Phi) is 7.36. The van der Waals surface area contributed by atoms with E-state index in [1.807, 2.05) is 0 Å². The number of rotatable bonds is 4. The van der Waals surface area contributed by atoms with E-state index in [1.165, 1.54) is 0 Å². The second-order valence-electron chi connectivity index (χ2n) is 9.79. The van der Waals surface area contributed by atoms with Gasteiger partial charge in [-0.1, -0.05) is 26.8 Å². The van der Waals surface area contributed by atoms with Crippen molar-refractivity contribution in [1.29, 1.82) is 0 Å². The highest BCUT2D eigenvalue weighted by Gasteiger charge is 2.34. The summed E-state index contributed by atoms with van der Waals surface area (Å²) >= 11 is 0. The Morgan fingerprint density at radius 1 is 1.00 bits per heavy atom. The summed E-state index contributed by atoms with van der Waals surface area (Å²) in [6.07, 6.45) is 10.9. The summed E-state index contributed by atoms with van der Waals surface area (Å²) in [6, 6.07) is 0. The average molecular weight is 391 g/mol. The van der Waals surface area contributed by atoms with Crippen molar-refractivity contribution in [2.75, 3.05) is 0 Å². The van der Waals surface area contributed by atoms with E-state index < -0.39 is 0 Å². The van der Waals surface area contributed by atoms with Crippen LogP contribution in [0.3, 0.4) is 0 Å². The van der Waals surface area contributed by atoms with Crippen LogP contribution in [0.1, 0.15) is 85.0 Å². The lowest BCUT2D eigenvalue weighted by molar-refractivity contribution is -0.157. The van der Waals surface area contributed by atoms with Gasteiger partial charge in [-0.05, 0) is 87.5 Å². The summed E-state index contributed by atoms with van der Waals surface area (Å²) in [7, 11) is 0. The molecule has 0 spiro atoms. The molecule has 28 heavy (non-hydrogen) atoms. The quantitative estimate of drug-likeness (QED) is 0.551. The molecule has 0 saturated heterocycles. The van der Waals surface area contributed by atoms with Crippen LogP contribution in [0.25, 0.3) is 0 Å². The molecule has 3 saturated carbocycles. The Hall–Kier alpha value is -1.16. The van der Waals surface area contributed by atoms with Gasteiger partial charge in [0.15, 0.2) is 5.78 Å². The molecular weight excluding hydrogens is 352 g/mol. The monoisotopic (exact) mass is 390 g/mol. The molecule has 3 aliphatic carbocycles.